The lowest BCUT2D eigenvalue weighted by molar-refractivity contribution is -0.123. The van der Waals surface area contributed by atoms with Gasteiger partial charge in [-0.3, -0.25) is 4.79 Å². The van der Waals surface area contributed by atoms with Gasteiger partial charge < -0.3 is 14.2 Å². The Labute approximate surface area is 171 Å². The maximum absolute atomic E-state index is 12.0. The SMILES string of the molecule is COc1cc(OC)c(/C=N\NC(=O)COc2ccc3ccccc3c2)cc1Br. The molecule has 1 N–H and O–H groups in total. The second-order valence-corrected chi connectivity index (χ2v) is 6.67. The third-order valence-corrected chi connectivity index (χ3v) is 4.61. The predicted molar refractivity (Wildman–Crippen MR) is 112 cm³/mol. The number of ether oxygens (including phenoxy) is 3. The molecule has 0 bridgehead atoms. The zero-order chi connectivity index (χ0) is 19.9. The fraction of sp³-hybridized carbons (Fsp3) is 0.143. The Bertz CT molecular complexity index is 1020. The van der Waals surface area contributed by atoms with Crippen LogP contribution in [0, 0.1) is 0 Å². The first-order chi connectivity index (χ1) is 13.6. The predicted octanol–water partition coefficient (Wildman–Crippen LogP) is 4.15. The van der Waals surface area contributed by atoms with E-state index in [1.54, 1.807) is 26.4 Å². The third kappa shape index (κ3) is 4.80. The van der Waals surface area contributed by atoms with Crippen LogP contribution in [-0.4, -0.2) is 32.9 Å². The van der Waals surface area contributed by atoms with Crippen LogP contribution in [0.3, 0.4) is 0 Å². The van der Waals surface area contributed by atoms with E-state index in [0.29, 0.717) is 22.8 Å². The molecule has 144 valence electrons. The number of rotatable bonds is 7. The minimum atomic E-state index is -0.365. The number of nitrogens with one attached hydrogen (secondary N) is 1. The molecule has 3 aromatic rings. The maximum Gasteiger partial charge on any atom is 0.277 e. The van der Waals surface area contributed by atoms with E-state index in [-0.39, 0.29) is 12.5 Å². The molecule has 3 aromatic carbocycles. The quantitative estimate of drug-likeness (QED) is 0.440. The van der Waals surface area contributed by atoms with Crippen LogP contribution in [0.15, 0.2) is 64.2 Å². The lowest BCUT2D eigenvalue weighted by Gasteiger charge is -2.09. The van der Waals surface area contributed by atoms with Crippen LogP contribution in [0.5, 0.6) is 17.2 Å². The van der Waals surface area contributed by atoms with E-state index in [0.717, 1.165) is 15.2 Å². The molecule has 0 aliphatic rings. The number of hydrogen-bond acceptors (Lipinski definition) is 5. The van der Waals surface area contributed by atoms with E-state index >= 15 is 0 Å². The van der Waals surface area contributed by atoms with Crippen molar-refractivity contribution in [2.45, 2.75) is 0 Å². The van der Waals surface area contributed by atoms with Crippen molar-refractivity contribution in [2.24, 2.45) is 5.10 Å². The van der Waals surface area contributed by atoms with Gasteiger partial charge in [-0.2, -0.15) is 5.10 Å². The molecule has 0 aliphatic heterocycles. The van der Waals surface area contributed by atoms with Crippen molar-refractivity contribution >= 4 is 38.8 Å². The molecule has 0 saturated carbocycles. The summed E-state index contributed by atoms with van der Waals surface area (Å²) in [6.45, 7) is -0.140. The lowest BCUT2D eigenvalue weighted by atomic mass is 10.1. The highest BCUT2D eigenvalue weighted by molar-refractivity contribution is 9.10. The summed E-state index contributed by atoms with van der Waals surface area (Å²) < 4.78 is 16.8. The van der Waals surface area contributed by atoms with Crippen molar-refractivity contribution in [1.29, 1.82) is 0 Å². The normalized spacial score (nSPS) is 10.8. The Morgan fingerprint density at radius 1 is 1.04 bits per heavy atom. The van der Waals surface area contributed by atoms with Crippen molar-refractivity contribution in [3.63, 3.8) is 0 Å². The summed E-state index contributed by atoms with van der Waals surface area (Å²) in [4.78, 5) is 12.0. The van der Waals surface area contributed by atoms with Gasteiger partial charge in [0.05, 0.1) is 24.9 Å². The van der Waals surface area contributed by atoms with Gasteiger partial charge in [-0.05, 0) is 44.9 Å². The number of hydrogen-bond donors (Lipinski definition) is 1. The fourth-order valence-electron chi connectivity index (χ4n) is 2.60. The molecule has 0 unspecified atom stereocenters. The van der Waals surface area contributed by atoms with E-state index in [2.05, 4.69) is 26.5 Å². The number of nitrogens with zero attached hydrogens (tertiary/aromatic N) is 1. The molecule has 0 atom stereocenters. The van der Waals surface area contributed by atoms with Gasteiger partial charge in [-0.15, -0.1) is 0 Å². The van der Waals surface area contributed by atoms with Crippen molar-refractivity contribution in [2.75, 3.05) is 20.8 Å². The molecule has 6 nitrogen and oxygen atoms in total. The first-order valence-electron chi connectivity index (χ1n) is 8.45. The average Bonchev–Trinajstić information content (AvgIpc) is 2.72. The molecule has 7 heteroatoms. The van der Waals surface area contributed by atoms with Gasteiger partial charge in [0.2, 0.25) is 0 Å². The number of benzene rings is 3. The summed E-state index contributed by atoms with van der Waals surface area (Å²) in [5, 5.41) is 6.13. The minimum Gasteiger partial charge on any atom is -0.496 e. The van der Waals surface area contributed by atoms with Crippen LogP contribution in [0.1, 0.15) is 5.56 Å². The molecular weight excluding hydrogens is 424 g/mol. The van der Waals surface area contributed by atoms with Crippen molar-refractivity contribution in [3.05, 3.63) is 64.6 Å². The monoisotopic (exact) mass is 442 g/mol. The summed E-state index contributed by atoms with van der Waals surface area (Å²) in [5.74, 6) is 1.47. The Hall–Kier alpha value is -3.06. The summed E-state index contributed by atoms with van der Waals surface area (Å²) in [5.41, 5.74) is 3.13. The molecule has 28 heavy (non-hydrogen) atoms. The lowest BCUT2D eigenvalue weighted by Crippen LogP contribution is -2.24. The van der Waals surface area contributed by atoms with Gasteiger partial charge in [0.15, 0.2) is 6.61 Å². The molecule has 0 aromatic heterocycles. The Morgan fingerprint density at radius 2 is 1.79 bits per heavy atom. The van der Waals surface area contributed by atoms with E-state index < -0.39 is 0 Å². The van der Waals surface area contributed by atoms with Gasteiger partial charge in [0.1, 0.15) is 17.2 Å². The van der Waals surface area contributed by atoms with Crippen LogP contribution in [0.4, 0.5) is 0 Å². The number of amides is 1. The number of carbonyl (C=O) groups is 1. The van der Waals surface area contributed by atoms with Crippen LogP contribution in [0.25, 0.3) is 10.8 Å². The fourth-order valence-corrected chi connectivity index (χ4v) is 3.12. The van der Waals surface area contributed by atoms with Gasteiger partial charge in [0.25, 0.3) is 5.91 Å². The van der Waals surface area contributed by atoms with Gasteiger partial charge in [0, 0.05) is 11.6 Å². The average molecular weight is 443 g/mol. The zero-order valence-electron chi connectivity index (χ0n) is 15.4. The van der Waals surface area contributed by atoms with E-state index in [1.165, 1.54) is 6.21 Å². The largest absolute Gasteiger partial charge is 0.496 e. The van der Waals surface area contributed by atoms with Crippen molar-refractivity contribution in [1.82, 2.24) is 5.43 Å². The van der Waals surface area contributed by atoms with Gasteiger partial charge in [-0.1, -0.05) is 30.3 Å². The summed E-state index contributed by atoms with van der Waals surface area (Å²) >= 11 is 3.41. The molecule has 0 spiro atoms. The highest BCUT2D eigenvalue weighted by atomic mass is 79.9. The third-order valence-electron chi connectivity index (χ3n) is 3.99. The topological polar surface area (TPSA) is 69.2 Å². The highest BCUT2D eigenvalue weighted by Gasteiger charge is 2.08. The number of fused-ring (bicyclic) bond motifs is 1. The van der Waals surface area contributed by atoms with Crippen LogP contribution >= 0.6 is 15.9 Å². The molecule has 0 fully saturated rings. The van der Waals surface area contributed by atoms with Crippen LogP contribution in [-0.2, 0) is 4.79 Å². The Balaban J connectivity index is 1.58. The number of halogens is 1. The Kier molecular flexibility index (Phi) is 6.49. The highest BCUT2D eigenvalue weighted by Crippen LogP contribution is 2.31. The minimum absolute atomic E-state index is 0.140. The van der Waals surface area contributed by atoms with Crippen LogP contribution < -0.4 is 19.6 Å². The molecule has 0 heterocycles. The van der Waals surface area contributed by atoms with Gasteiger partial charge in [-0.25, -0.2) is 5.43 Å². The van der Waals surface area contributed by atoms with Crippen LogP contribution in [0.2, 0.25) is 0 Å². The zero-order valence-corrected chi connectivity index (χ0v) is 17.0. The first kappa shape index (κ1) is 19.7. The molecule has 1 amide bonds. The summed E-state index contributed by atoms with van der Waals surface area (Å²) in [6, 6.07) is 17.1. The van der Waals surface area contributed by atoms with E-state index in [9.17, 15) is 4.79 Å². The molecule has 3 rings (SSSR count). The van der Waals surface area contributed by atoms with Crippen molar-refractivity contribution < 1.29 is 19.0 Å². The second kappa shape index (κ2) is 9.23. The Morgan fingerprint density at radius 3 is 2.54 bits per heavy atom. The molecular formula is C21H19BrN2O4. The smallest absolute Gasteiger partial charge is 0.277 e. The number of hydrazone groups is 1. The maximum atomic E-state index is 12.0. The summed E-state index contributed by atoms with van der Waals surface area (Å²) in [7, 11) is 3.12. The van der Waals surface area contributed by atoms with E-state index in [1.807, 2.05) is 42.5 Å². The summed E-state index contributed by atoms with van der Waals surface area (Å²) in [6.07, 6.45) is 1.50. The first-order valence-corrected chi connectivity index (χ1v) is 9.25. The molecule has 0 aliphatic carbocycles. The number of carbonyl (C=O) groups excluding carboxylic acids is 1. The second-order valence-electron chi connectivity index (χ2n) is 5.82. The molecule has 0 radical (unpaired) electrons. The van der Waals surface area contributed by atoms with Gasteiger partial charge >= 0.3 is 0 Å². The standard InChI is InChI=1S/C21H19BrN2O4/c1-26-19-11-20(27-2)18(22)10-16(19)12-23-24-21(25)13-28-17-8-7-14-5-3-4-6-15(14)9-17/h3-12H,13H2,1-2H3,(H,24,25)/b23-12-. The molecule has 0 saturated heterocycles. The number of methoxy groups -OCH3 is 2. The van der Waals surface area contributed by atoms with E-state index in [4.69, 9.17) is 14.2 Å². The van der Waals surface area contributed by atoms with Crippen molar-refractivity contribution in [3.8, 4) is 17.2 Å².